The molecule has 1 N–H and O–H groups in total. The second-order valence-electron chi connectivity index (χ2n) is 6.03. The van der Waals surface area contributed by atoms with Gasteiger partial charge >= 0.3 is 5.97 Å². The third-order valence-electron chi connectivity index (χ3n) is 3.73. The third-order valence-corrected chi connectivity index (χ3v) is 3.97. The van der Waals surface area contributed by atoms with Gasteiger partial charge in [-0.05, 0) is 68.3 Å². The van der Waals surface area contributed by atoms with Crippen molar-refractivity contribution in [1.82, 2.24) is 0 Å². The van der Waals surface area contributed by atoms with Gasteiger partial charge in [-0.2, -0.15) is 0 Å². The van der Waals surface area contributed by atoms with E-state index in [2.05, 4.69) is 5.32 Å². The molecule has 1 amide bonds. The molecule has 0 aliphatic heterocycles. The van der Waals surface area contributed by atoms with Gasteiger partial charge in [-0.25, -0.2) is 0 Å². The van der Waals surface area contributed by atoms with Crippen molar-refractivity contribution < 1.29 is 23.8 Å². The van der Waals surface area contributed by atoms with Crippen molar-refractivity contribution >= 4 is 29.2 Å². The Labute approximate surface area is 169 Å². The largest absolute Gasteiger partial charge is 0.494 e. The maximum Gasteiger partial charge on any atom is 0.306 e. The molecule has 0 radical (unpaired) electrons. The number of benzene rings is 2. The lowest BCUT2D eigenvalue weighted by atomic mass is 10.2. The number of rotatable bonds is 10. The number of aryl methyl sites for hydroxylation is 1. The van der Waals surface area contributed by atoms with Crippen LogP contribution in [0, 0.1) is 6.92 Å². The summed E-state index contributed by atoms with van der Waals surface area (Å²) in [6.07, 6.45) is 0.657. The Morgan fingerprint density at radius 3 is 2.50 bits per heavy atom. The quantitative estimate of drug-likeness (QED) is 0.468. The van der Waals surface area contributed by atoms with Gasteiger partial charge in [0.15, 0.2) is 6.61 Å². The van der Waals surface area contributed by atoms with Crippen LogP contribution in [0.5, 0.6) is 11.5 Å². The van der Waals surface area contributed by atoms with Crippen LogP contribution in [0.15, 0.2) is 42.5 Å². The highest BCUT2D eigenvalue weighted by molar-refractivity contribution is 6.30. The number of amides is 1. The number of anilines is 1. The number of carbonyl (C=O) groups is 2. The van der Waals surface area contributed by atoms with Gasteiger partial charge in [0.2, 0.25) is 0 Å². The summed E-state index contributed by atoms with van der Waals surface area (Å²) in [4.78, 5) is 23.6. The molecule has 0 saturated heterocycles. The fourth-order valence-corrected chi connectivity index (χ4v) is 2.62. The van der Waals surface area contributed by atoms with E-state index in [0.717, 1.165) is 17.1 Å². The van der Waals surface area contributed by atoms with Crippen LogP contribution >= 0.6 is 11.6 Å². The first kappa shape index (κ1) is 21.6. The monoisotopic (exact) mass is 405 g/mol. The van der Waals surface area contributed by atoms with E-state index in [0.29, 0.717) is 30.3 Å². The van der Waals surface area contributed by atoms with Crippen LogP contribution in [0.1, 0.15) is 25.3 Å². The molecule has 0 spiro atoms. The van der Waals surface area contributed by atoms with E-state index in [9.17, 15) is 9.59 Å². The molecular weight excluding hydrogens is 382 g/mol. The predicted octanol–water partition coefficient (Wildman–Crippen LogP) is 4.39. The number of esters is 1. The van der Waals surface area contributed by atoms with Crippen LogP contribution in [-0.4, -0.2) is 31.7 Å². The molecule has 28 heavy (non-hydrogen) atoms. The minimum absolute atomic E-state index is 0.170. The van der Waals surface area contributed by atoms with E-state index in [1.54, 1.807) is 36.4 Å². The standard InChI is InChI=1S/C21H24ClNO5/c1-3-26-18-9-7-17(8-10-18)23-20(24)14-28-21(25)5-4-12-27-19-11-6-16(22)13-15(19)2/h6-11,13H,3-5,12,14H2,1-2H3,(H,23,24). The first-order chi connectivity index (χ1) is 13.5. The van der Waals surface area contributed by atoms with Crippen molar-refractivity contribution in [3.05, 3.63) is 53.1 Å². The second kappa shape index (κ2) is 11.2. The summed E-state index contributed by atoms with van der Waals surface area (Å²) >= 11 is 5.90. The zero-order valence-corrected chi connectivity index (χ0v) is 16.8. The van der Waals surface area contributed by atoms with Crippen molar-refractivity contribution in [2.24, 2.45) is 0 Å². The van der Waals surface area contributed by atoms with E-state index >= 15 is 0 Å². The highest BCUT2D eigenvalue weighted by Crippen LogP contribution is 2.22. The molecule has 2 rings (SSSR count). The molecule has 0 fully saturated rings. The topological polar surface area (TPSA) is 73.9 Å². The molecule has 0 bridgehead atoms. The number of carbonyl (C=O) groups excluding carboxylic acids is 2. The third kappa shape index (κ3) is 7.48. The summed E-state index contributed by atoms with van der Waals surface area (Å²) in [6, 6.07) is 12.3. The molecule has 0 unspecified atom stereocenters. The molecule has 6 nitrogen and oxygen atoms in total. The lowest BCUT2D eigenvalue weighted by Crippen LogP contribution is -2.21. The van der Waals surface area contributed by atoms with Crippen molar-refractivity contribution in [2.45, 2.75) is 26.7 Å². The first-order valence-electron chi connectivity index (χ1n) is 9.05. The van der Waals surface area contributed by atoms with Crippen molar-refractivity contribution in [3.8, 4) is 11.5 Å². The van der Waals surface area contributed by atoms with Gasteiger partial charge in [0.1, 0.15) is 11.5 Å². The van der Waals surface area contributed by atoms with Crippen LogP contribution < -0.4 is 14.8 Å². The number of nitrogens with one attached hydrogen (secondary N) is 1. The van der Waals surface area contributed by atoms with Gasteiger partial charge in [0.05, 0.1) is 13.2 Å². The molecule has 0 saturated carbocycles. The fraction of sp³-hybridized carbons (Fsp3) is 0.333. The Kier molecular flexibility index (Phi) is 8.62. The molecule has 2 aromatic carbocycles. The van der Waals surface area contributed by atoms with Gasteiger partial charge in [0.25, 0.3) is 5.91 Å². The molecule has 0 aliphatic carbocycles. The van der Waals surface area contributed by atoms with E-state index < -0.39 is 11.9 Å². The Balaban J connectivity index is 1.62. The van der Waals surface area contributed by atoms with E-state index in [1.165, 1.54) is 0 Å². The molecule has 0 atom stereocenters. The maximum atomic E-state index is 11.9. The van der Waals surface area contributed by atoms with Crippen molar-refractivity contribution in [2.75, 3.05) is 25.1 Å². The molecule has 0 aliphatic rings. The Bertz CT molecular complexity index is 792. The maximum absolute atomic E-state index is 11.9. The fourth-order valence-electron chi connectivity index (χ4n) is 2.39. The van der Waals surface area contributed by atoms with Crippen LogP contribution in [0.2, 0.25) is 5.02 Å². The molecule has 0 heterocycles. The number of hydrogen-bond acceptors (Lipinski definition) is 5. The first-order valence-corrected chi connectivity index (χ1v) is 9.43. The summed E-state index contributed by atoms with van der Waals surface area (Å²) in [5.74, 6) is 0.610. The minimum atomic E-state index is -0.446. The normalized spacial score (nSPS) is 10.2. The number of halogens is 1. The highest BCUT2D eigenvalue weighted by Gasteiger charge is 2.09. The predicted molar refractivity (Wildman–Crippen MR) is 108 cm³/mol. The summed E-state index contributed by atoms with van der Waals surface area (Å²) in [7, 11) is 0. The van der Waals surface area contributed by atoms with Crippen LogP contribution in [0.25, 0.3) is 0 Å². The Hall–Kier alpha value is -2.73. The highest BCUT2D eigenvalue weighted by atomic mass is 35.5. The van der Waals surface area contributed by atoms with Crippen LogP contribution in [0.4, 0.5) is 5.69 Å². The van der Waals surface area contributed by atoms with Gasteiger partial charge in [-0.3, -0.25) is 9.59 Å². The average molecular weight is 406 g/mol. The van der Waals surface area contributed by atoms with Crippen LogP contribution in [-0.2, 0) is 14.3 Å². The summed E-state index contributed by atoms with van der Waals surface area (Å²) in [5.41, 5.74) is 1.54. The number of hydrogen-bond donors (Lipinski definition) is 1. The van der Waals surface area contributed by atoms with Gasteiger partial charge in [0, 0.05) is 17.1 Å². The average Bonchev–Trinajstić information content (AvgIpc) is 2.67. The molecule has 150 valence electrons. The smallest absolute Gasteiger partial charge is 0.306 e. The van der Waals surface area contributed by atoms with Crippen molar-refractivity contribution in [1.29, 1.82) is 0 Å². The zero-order chi connectivity index (χ0) is 20.4. The zero-order valence-electron chi connectivity index (χ0n) is 16.0. The van der Waals surface area contributed by atoms with E-state index in [4.69, 9.17) is 25.8 Å². The van der Waals surface area contributed by atoms with E-state index in [1.807, 2.05) is 19.9 Å². The lowest BCUT2D eigenvalue weighted by molar-refractivity contribution is -0.147. The number of ether oxygens (including phenoxy) is 3. The SMILES string of the molecule is CCOc1ccc(NC(=O)COC(=O)CCCOc2ccc(Cl)cc2C)cc1. The summed E-state index contributed by atoms with van der Waals surface area (Å²) in [5, 5.41) is 3.31. The van der Waals surface area contributed by atoms with Crippen LogP contribution in [0.3, 0.4) is 0 Å². The van der Waals surface area contributed by atoms with Crippen molar-refractivity contribution in [3.63, 3.8) is 0 Å². The molecule has 2 aromatic rings. The van der Waals surface area contributed by atoms with Gasteiger partial charge in [-0.15, -0.1) is 0 Å². The summed E-state index contributed by atoms with van der Waals surface area (Å²) in [6.45, 7) is 4.42. The molecule has 0 aromatic heterocycles. The summed E-state index contributed by atoms with van der Waals surface area (Å²) < 4.78 is 15.9. The Morgan fingerprint density at radius 2 is 1.82 bits per heavy atom. The molecular formula is C21H24ClNO5. The van der Waals surface area contributed by atoms with Gasteiger partial charge in [-0.1, -0.05) is 11.6 Å². The molecule has 7 heteroatoms. The lowest BCUT2D eigenvalue weighted by Gasteiger charge is -2.10. The van der Waals surface area contributed by atoms with Gasteiger partial charge < -0.3 is 19.5 Å². The minimum Gasteiger partial charge on any atom is -0.494 e. The second-order valence-corrected chi connectivity index (χ2v) is 6.46. The van der Waals surface area contributed by atoms with E-state index in [-0.39, 0.29) is 13.0 Å². The Morgan fingerprint density at radius 1 is 1.07 bits per heavy atom.